The Morgan fingerprint density at radius 2 is 1.92 bits per heavy atom. The molecule has 0 unspecified atom stereocenters. The van der Waals surface area contributed by atoms with Crippen LogP contribution in [0.4, 0.5) is 4.79 Å². The van der Waals surface area contributed by atoms with Gasteiger partial charge in [-0.2, -0.15) is 0 Å². The van der Waals surface area contributed by atoms with Gasteiger partial charge in [-0.05, 0) is 70.5 Å². The predicted octanol–water partition coefficient (Wildman–Crippen LogP) is 4.62. The maximum atomic E-state index is 12.9. The highest BCUT2D eigenvalue weighted by Gasteiger charge is 2.37. The minimum Gasteiger partial charge on any atom is -0.490 e. The van der Waals surface area contributed by atoms with Gasteiger partial charge in [-0.1, -0.05) is 23.7 Å². The summed E-state index contributed by atoms with van der Waals surface area (Å²) >= 11 is 10.3. The van der Waals surface area contributed by atoms with Crippen molar-refractivity contribution >= 4 is 68.4 Å². The number of carbonyl (C=O) groups is 4. The zero-order valence-electron chi connectivity index (χ0n) is 19.7. The SMILES string of the molecule is CCOc1cc(/C=C2\SC(=O)N(CC(=O)N3CCOCC3)C2=O)cc(Br)c1OC(=O)c1ccccc1Cl. The Morgan fingerprint density at radius 1 is 1.19 bits per heavy atom. The molecule has 4 rings (SSSR count). The van der Waals surface area contributed by atoms with Crippen LogP contribution in [0.25, 0.3) is 6.08 Å². The molecule has 0 aliphatic carbocycles. The van der Waals surface area contributed by atoms with E-state index in [1.54, 1.807) is 48.2 Å². The Bertz CT molecular complexity index is 1280. The van der Waals surface area contributed by atoms with Crippen LogP contribution < -0.4 is 9.47 Å². The third kappa shape index (κ3) is 6.35. The van der Waals surface area contributed by atoms with E-state index in [-0.39, 0.29) is 46.0 Å². The number of hydrogen-bond acceptors (Lipinski definition) is 8. The van der Waals surface area contributed by atoms with Crippen LogP contribution in [0.5, 0.6) is 11.5 Å². The highest BCUT2D eigenvalue weighted by Crippen LogP contribution is 2.40. The zero-order chi connectivity index (χ0) is 26.5. The van der Waals surface area contributed by atoms with Crippen molar-refractivity contribution in [3.63, 3.8) is 0 Å². The first-order valence-electron chi connectivity index (χ1n) is 11.3. The number of nitrogens with zero attached hydrogens (tertiary/aromatic N) is 2. The van der Waals surface area contributed by atoms with Gasteiger partial charge in [0.15, 0.2) is 11.5 Å². The van der Waals surface area contributed by atoms with Crippen molar-refractivity contribution in [3.8, 4) is 11.5 Å². The summed E-state index contributed by atoms with van der Waals surface area (Å²) in [6.07, 6.45) is 1.52. The highest BCUT2D eigenvalue weighted by molar-refractivity contribution is 9.10. The molecule has 2 aromatic rings. The fourth-order valence-corrected chi connectivity index (χ4v) is 5.24. The molecule has 3 amide bonds. The van der Waals surface area contributed by atoms with Crippen molar-refractivity contribution < 1.29 is 33.4 Å². The Labute approximate surface area is 230 Å². The second kappa shape index (κ2) is 12.1. The van der Waals surface area contributed by atoms with Gasteiger partial charge in [0.05, 0.1) is 39.8 Å². The molecule has 0 atom stereocenters. The van der Waals surface area contributed by atoms with E-state index in [1.165, 1.54) is 6.08 Å². The van der Waals surface area contributed by atoms with Gasteiger partial charge in [-0.3, -0.25) is 19.3 Å². The van der Waals surface area contributed by atoms with Gasteiger partial charge >= 0.3 is 5.97 Å². The van der Waals surface area contributed by atoms with Crippen LogP contribution in [0, 0.1) is 0 Å². The predicted molar refractivity (Wildman–Crippen MR) is 142 cm³/mol. The van der Waals surface area contributed by atoms with Gasteiger partial charge in [-0.15, -0.1) is 0 Å². The standard InChI is InChI=1S/C25H22BrClN2O7S/c1-2-35-19-12-15(11-17(26)22(19)36-24(32)16-5-3-4-6-18(16)27)13-20-23(31)29(25(33)37-20)14-21(30)28-7-9-34-10-8-28/h3-6,11-13H,2,7-10,14H2,1H3/b20-13-. The first-order valence-corrected chi connectivity index (χ1v) is 13.3. The molecule has 194 valence electrons. The largest absolute Gasteiger partial charge is 0.490 e. The minimum atomic E-state index is -0.661. The molecule has 0 radical (unpaired) electrons. The monoisotopic (exact) mass is 608 g/mol. The summed E-state index contributed by atoms with van der Waals surface area (Å²) in [4.78, 5) is 53.4. The molecule has 12 heteroatoms. The van der Waals surface area contributed by atoms with Gasteiger partial charge in [0.25, 0.3) is 11.1 Å². The summed E-state index contributed by atoms with van der Waals surface area (Å²) in [6.45, 7) is 3.43. The summed E-state index contributed by atoms with van der Waals surface area (Å²) in [5.74, 6) is -1.12. The van der Waals surface area contributed by atoms with Gasteiger partial charge in [0.2, 0.25) is 5.91 Å². The number of esters is 1. The number of hydrogen-bond donors (Lipinski definition) is 0. The average Bonchev–Trinajstić information content (AvgIpc) is 3.14. The lowest BCUT2D eigenvalue weighted by molar-refractivity contribution is -0.139. The quantitative estimate of drug-likeness (QED) is 0.255. The van der Waals surface area contributed by atoms with Crippen LogP contribution in [-0.2, 0) is 14.3 Å². The first kappa shape index (κ1) is 27.2. The molecule has 2 aliphatic rings. The van der Waals surface area contributed by atoms with Gasteiger partial charge in [0, 0.05) is 13.1 Å². The third-order valence-electron chi connectivity index (χ3n) is 5.45. The molecule has 2 saturated heterocycles. The zero-order valence-corrected chi connectivity index (χ0v) is 22.9. The lowest BCUT2D eigenvalue weighted by Gasteiger charge is -2.28. The Hall–Kier alpha value is -2.86. The molecule has 9 nitrogen and oxygen atoms in total. The number of amides is 3. The van der Waals surface area contributed by atoms with Gasteiger partial charge in [0.1, 0.15) is 6.54 Å². The molecule has 0 saturated carbocycles. The number of carbonyl (C=O) groups excluding carboxylic acids is 4. The maximum absolute atomic E-state index is 12.9. The van der Waals surface area contributed by atoms with E-state index in [9.17, 15) is 19.2 Å². The number of ether oxygens (including phenoxy) is 3. The van der Waals surface area contributed by atoms with Gasteiger partial charge < -0.3 is 19.1 Å². The summed E-state index contributed by atoms with van der Waals surface area (Å²) in [5.41, 5.74) is 0.723. The van der Waals surface area contributed by atoms with E-state index >= 15 is 0 Å². The smallest absolute Gasteiger partial charge is 0.345 e. The molecule has 0 N–H and O–H groups in total. The molecule has 0 bridgehead atoms. The normalized spacial score (nSPS) is 16.9. The summed E-state index contributed by atoms with van der Waals surface area (Å²) < 4.78 is 16.9. The van der Waals surface area contributed by atoms with Crippen molar-refractivity contribution in [2.24, 2.45) is 0 Å². The molecule has 2 fully saturated rings. The molecular formula is C25H22BrClN2O7S. The number of rotatable bonds is 7. The topological polar surface area (TPSA) is 102 Å². The Balaban J connectivity index is 1.54. The maximum Gasteiger partial charge on any atom is 0.345 e. The fraction of sp³-hybridized carbons (Fsp3) is 0.280. The van der Waals surface area contributed by atoms with E-state index in [1.807, 2.05) is 0 Å². The van der Waals surface area contributed by atoms with Crippen LogP contribution in [-0.4, -0.2) is 72.3 Å². The van der Waals surface area contributed by atoms with Crippen LogP contribution in [0.15, 0.2) is 45.8 Å². The molecule has 0 spiro atoms. The van der Waals surface area contributed by atoms with E-state index in [0.717, 1.165) is 16.7 Å². The van der Waals surface area contributed by atoms with Crippen LogP contribution >= 0.6 is 39.3 Å². The molecular weight excluding hydrogens is 588 g/mol. The highest BCUT2D eigenvalue weighted by atomic mass is 79.9. The summed E-state index contributed by atoms with van der Waals surface area (Å²) in [5, 5.41) is -0.270. The second-order valence-corrected chi connectivity index (χ2v) is 10.1. The number of halogens is 2. The third-order valence-corrected chi connectivity index (χ3v) is 7.27. The summed E-state index contributed by atoms with van der Waals surface area (Å²) in [6, 6.07) is 9.73. The number of imide groups is 1. The van der Waals surface area contributed by atoms with E-state index in [0.29, 0.717) is 36.3 Å². The van der Waals surface area contributed by atoms with Crippen molar-refractivity contribution in [1.29, 1.82) is 0 Å². The molecule has 2 aliphatic heterocycles. The number of morpholine rings is 1. The van der Waals surface area contributed by atoms with E-state index in [2.05, 4.69) is 15.9 Å². The van der Waals surface area contributed by atoms with Crippen LogP contribution in [0.3, 0.4) is 0 Å². The lowest BCUT2D eigenvalue weighted by atomic mass is 10.1. The van der Waals surface area contributed by atoms with Crippen molar-refractivity contribution in [2.45, 2.75) is 6.92 Å². The average molecular weight is 610 g/mol. The van der Waals surface area contributed by atoms with Crippen molar-refractivity contribution in [1.82, 2.24) is 9.80 Å². The second-order valence-electron chi connectivity index (χ2n) is 7.89. The Kier molecular flexibility index (Phi) is 8.91. The molecule has 2 aromatic carbocycles. The minimum absolute atomic E-state index is 0.146. The van der Waals surface area contributed by atoms with Crippen molar-refractivity contribution in [2.75, 3.05) is 39.5 Å². The molecule has 37 heavy (non-hydrogen) atoms. The first-order chi connectivity index (χ1) is 17.8. The van der Waals surface area contributed by atoms with E-state index in [4.69, 9.17) is 25.8 Å². The molecule has 0 aromatic heterocycles. The fourth-order valence-electron chi connectivity index (χ4n) is 3.64. The number of benzene rings is 2. The van der Waals surface area contributed by atoms with Crippen LogP contribution in [0.1, 0.15) is 22.8 Å². The molecule has 2 heterocycles. The van der Waals surface area contributed by atoms with E-state index < -0.39 is 17.1 Å². The summed E-state index contributed by atoms with van der Waals surface area (Å²) in [7, 11) is 0. The lowest BCUT2D eigenvalue weighted by Crippen LogP contribution is -2.46. The van der Waals surface area contributed by atoms with Crippen molar-refractivity contribution in [3.05, 3.63) is 61.9 Å². The number of thioether (sulfide) groups is 1. The van der Waals surface area contributed by atoms with Crippen LogP contribution in [0.2, 0.25) is 5.02 Å². The Morgan fingerprint density at radius 3 is 2.62 bits per heavy atom. The van der Waals surface area contributed by atoms with Gasteiger partial charge in [-0.25, -0.2) is 4.79 Å².